The fourth-order valence-electron chi connectivity index (χ4n) is 2.93. The Morgan fingerprint density at radius 2 is 1.59 bits per heavy atom. The van der Waals surface area contributed by atoms with Gasteiger partial charge < -0.3 is 4.90 Å². The molecule has 2 amide bonds. The van der Waals surface area contributed by atoms with Crippen LogP contribution in [0.4, 0.5) is 4.39 Å². The van der Waals surface area contributed by atoms with E-state index in [1.54, 1.807) is 43.3 Å². The summed E-state index contributed by atoms with van der Waals surface area (Å²) < 4.78 is 26.0. The van der Waals surface area contributed by atoms with Crippen molar-refractivity contribution >= 4 is 28.4 Å². The van der Waals surface area contributed by atoms with Crippen LogP contribution in [0.3, 0.4) is 0 Å². The summed E-state index contributed by atoms with van der Waals surface area (Å²) in [6.07, 6.45) is 1.43. The first-order valence-corrected chi connectivity index (χ1v) is 10.1. The number of hydrogen-bond acceptors (Lipinski definition) is 5. The molecule has 0 aromatic heterocycles. The van der Waals surface area contributed by atoms with Gasteiger partial charge in [-0.15, -0.1) is 0 Å². The van der Waals surface area contributed by atoms with Gasteiger partial charge in [-0.25, -0.2) is 4.39 Å². The van der Waals surface area contributed by atoms with Crippen molar-refractivity contribution in [1.29, 1.82) is 0 Å². The van der Waals surface area contributed by atoms with Crippen LogP contribution >= 0.6 is 0 Å². The average molecular weight is 414 g/mol. The molecule has 1 aliphatic rings. The van der Waals surface area contributed by atoms with Gasteiger partial charge in [0.1, 0.15) is 10.7 Å². The SMILES string of the molecule is CN(C)C=C(C(=O)c1ccc(F)cc1)S(=O)CCN1C(=O)c2ccccc2C1=O. The topological polar surface area (TPSA) is 74.8 Å². The highest BCUT2D eigenvalue weighted by molar-refractivity contribution is 7.90. The number of ketones is 1. The number of fused-ring (bicyclic) bond motifs is 1. The van der Waals surface area contributed by atoms with Crippen LogP contribution in [0.2, 0.25) is 0 Å². The number of Topliss-reactive ketones (excluding diaryl/α,β-unsaturated/α-hetero) is 1. The maximum absolute atomic E-state index is 13.1. The molecule has 0 saturated heterocycles. The molecule has 0 bridgehead atoms. The molecule has 0 aliphatic carbocycles. The molecule has 8 heteroatoms. The van der Waals surface area contributed by atoms with Crippen LogP contribution in [0.5, 0.6) is 0 Å². The number of hydrogen-bond donors (Lipinski definition) is 0. The Kier molecular flexibility index (Phi) is 6.03. The summed E-state index contributed by atoms with van der Waals surface area (Å²) in [5.74, 6) is -1.94. The Bertz CT molecular complexity index is 996. The van der Waals surface area contributed by atoms with Gasteiger partial charge in [-0.3, -0.25) is 23.5 Å². The molecular formula is C21H19FN2O4S. The number of allylic oxidation sites excluding steroid dienone is 1. The van der Waals surface area contributed by atoms with E-state index < -0.39 is 34.2 Å². The summed E-state index contributed by atoms with van der Waals surface area (Å²) in [5.41, 5.74) is 0.832. The van der Waals surface area contributed by atoms with E-state index in [4.69, 9.17) is 0 Å². The van der Waals surface area contributed by atoms with Gasteiger partial charge in [-0.05, 0) is 36.4 Å². The van der Waals surface area contributed by atoms with Gasteiger partial charge >= 0.3 is 0 Å². The van der Waals surface area contributed by atoms with Crippen molar-refractivity contribution < 1.29 is 23.0 Å². The molecule has 1 atom stereocenters. The molecule has 150 valence electrons. The van der Waals surface area contributed by atoms with Gasteiger partial charge in [-0.2, -0.15) is 0 Å². The molecule has 6 nitrogen and oxygen atoms in total. The molecule has 2 aromatic carbocycles. The zero-order valence-corrected chi connectivity index (χ0v) is 16.7. The molecular weight excluding hydrogens is 395 g/mol. The molecule has 1 heterocycles. The number of rotatable bonds is 7. The fraction of sp³-hybridized carbons (Fsp3) is 0.190. The summed E-state index contributed by atoms with van der Waals surface area (Å²) in [7, 11) is 1.58. The first kappa shape index (κ1) is 20.6. The van der Waals surface area contributed by atoms with Crippen molar-refractivity contribution in [2.75, 3.05) is 26.4 Å². The van der Waals surface area contributed by atoms with Crippen LogP contribution in [0.1, 0.15) is 31.1 Å². The fourth-order valence-corrected chi connectivity index (χ4v) is 4.15. The molecule has 2 aromatic rings. The Hall–Kier alpha value is -3.13. The molecule has 0 spiro atoms. The van der Waals surface area contributed by atoms with Crippen LogP contribution in [0, 0.1) is 5.82 Å². The van der Waals surface area contributed by atoms with Gasteiger partial charge in [0, 0.05) is 38.2 Å². The van der Waals surface area contributed by atoms with Gasteiger partial charge in [0.25, 0.3) is 11.8 Å². The molecule has 0 fully saturated rings. The smallest absolute Gasteiger partial charge is 0.261 e. The minimum absolute atomic E-state index is 0.0122. The molecule has 0 saturated carbocycles. The number of imide groups is 1. The summed E-state index contributed by atoms with van der Waals surface area (Å²) in [5, 5.41) is 0. The normalized spacial score (nSPS) is 14.7. The maximum atomic E-state index is 13.1. The lowest BCUT2D eigenvalue weighted by molar-refractivity contribution is 0.0664. The second kappa shape index (κ2) is 8.48. The minimum Gasteiger partial charge on any atom is -0.382 e. The number of benzene rings is 2. The second-order valence-corrected chi connectivity index (χ2v) is 8.19. The number of nitrogens with zero attached hydrogens (tertiary/aromatic N) is 2. The van der Waals surface area contributed by atoms with Crippen LogP contribution in [0.25, 0.3) is 0 Å². The molecule has 0 radical (unpaired) electrons. The first-order chi connectivity index (χ1) is 13.8. The van der Waals surface area contributed by atoms with E-state index in [2.05, 4.69) is 0 Å². The van der Waals surface area contributed by atoms with Crippen molar-refractivity contribution in [2.45, 2.75) is 0 Å². The number of amides is 2. The van der Waals surface area contributed by atoms with Crippen molar-refractivity contribution in [3.05, 3.63) is 82.1 Å². The predicted octanol–water partition coefficient (Wildman–Crippen LogP) is 2.46. The zero-order chi connectivity index (χ0) is 21.1. The standard InChI is InChI=1S/C21H19FN2O4S/c1-23(2)13-18(19(25)14-7-9-15(22)10-8-14)29(28)12-11-24-20(26)16-5-3-4-6-17(16)21(24)27/h3-10,13H,11-12H2,1-2H3. The largest absolute Gasteiger partial charge is 0.382 e. The predicted molar refractivity (Wildman–Crippen MR) is 107 cm³/mol. The monoisotopic (exact) mass is 414 g/mol. The van der Waals surface area contributed by atoms with E-state index in [1.807, 2.05) is 0 Å². The molecule has 29 heavy (non-hydrogen) atoms. The number of carbonyl (C=O) groups excluding carboxylic acids is 3. The van der Waals surface area contributed by atoms with Crippen LogP contribution in [-0.4, -0.2) is 58.0 Å². The maximum Gasteiger partial charge on any atom is 0.261 e. The Labute approximate surface area is 170 Å². The minimum atomic E-state index is -1.78. The lowest BCUT2D eigenvalue weighted by Crippen LogP contribution is -2.34. The summed E-state index contributed by atoms with van der Waals surface area (Å²) in [6.45, 7) is -0.0829. The van der Waals surface area contributed by atoms with Crippen molar-refractivity contribution in [2.24, 2.45) is 0 Å². The Balaban J connectivity index is 1.76. The lowest BCUT2D eigenvalue weighted by Gasteiger charge is -2.15. The quantitative estimate of drug-likeness (QED) is 0.395. The van der Waals surface area contributed by atoms with E-state index >= 15 is 0 Å². The van der Waals surface area contributed by atoms with Crippen molar-refractivity contribution in [1.82, 2.24) is 9.80 Å². The van der Waals surface area contributed by atoms with E-state index in [-0.39, 0.29) is 22.8 Å². The lowest BCUT2D eigenvalue weighted by atomic mass is 10.1. The highest BCUT2D eigenvalue weighted by Gasteiger charge is 2.35. The number of carbonyl (C=O) groups is 3. The zero-order valence-electron chi connectivity index (χ0n) is 15.9. The molecule has 1 aliphatic heterocycles. The summed E-state index contributed by atoms with van der Waals surface area (Å²) in [4.78, 5) is 40.3. The highest BCUT2D eigenvalue weighted by Crippen LogP contribution is 2.22. The van der Waals surface area contributed by atoms with E-state index in [1.165, 1.54) is 18.3 Å². The summed E-state index contributed by atoms with van der Waals surface area (Å²) in [6, 6.07) is 11.4. The third-order valence-electron chi connectivity index (χ3n) is 4.33. The van der Waals surface area contributed by atoms with Crippen LogP contribution in [0.15, 0.2) is 59.6 Å². The number of halogens is 1. The van der Waals surface area contributed by atoms with Crippen LogP contribution in [-0.2, 0) is 10.8 Å². The Morgan fingerprint density at radius 3 is 2.10 bits per heavy atom. The van der Waals surface area contributed by atoms with Crippen LogP contribution < -0.4 is 0 Å². The van der Waals surface area contributed by atoms with E-state index in [0.29, 0.717) is 11.1 Å². The highest BCUT2D eigenvalue weighted by atomic mass is 32.2. The molecule has 3 rings (SSSR count). The first-order valence-electron chi connectivity index (χ1n) is 8.81. The van der Waals surface area contributed by atoms with Gasteiger partial charge in [0.15, 0.2) is 0 Å². The third kappa shape index (κ3) is 4.32. The second-order valence-electron chi connectivity index (χ2n) is 6.65. The molecule has 1 unspecified atom stereocenters. The van der Waals surface area contributed by atoms with Crippen molar-refractivity contribution in [3.8, 4) is 0 Å². The average Bonchev–Trinajstić information content (AvgIpc) is 2.95. The van der Waals surface area contributed by atoms with Crippen molar-refractivity contribution in [3.63, 3.8) is 0 Å². The summed E-state index contributed by atoms with van der Waals surface area (Å²) >= 11 is 0. The van der Waals surface area contributed by atoms with Gasteiger partial charge in [0.05, 0.1) is 21.9 Å². The Morgan fingerprint density at radius 1 is 1.03 bits per heavy atom. The van der Waals surface area contributed by atoms with E-state index in [9.17, 15) is 23.0 Å². The third-order valence-corrected chi connectivity index (χ3v) is 5.66. The van der Waals surface area contributed by atoms with E-state index in [0.717, 1.165) is 17.0 Å². The molecule has 0 N–H and O–H groups in total. The van der Waals surface area contributed by atoms with Gasteiger partial charge in [0.2, 0.25) is 5.78 Å². The van der Waals surface area contributed by atoms with Gasteiger partial charge in [-0.1, -0.05) is 12.1 Å².